The Morgan fingerprint density at radius 2 is 1.89 bits per heavy atom. The summed E-state index contributed by atoms with van der Waals surface area (Å²) in [5.41, 5.74) is 2.36. The Bertz CT molecular complexity index is 932. The number of carbonyl (C=O) groups excluding carboxylic acids is 1. The largest absolute Gasteiger partial charge is 0.496 e. The molecule has 0 radical (unpaired) electrons. The van der Waals surface area contributed by atoms with Crippen molar-refractivity contribution in [3.8, 4) is 5.75 Å². The minimum Gasteiger partial charge on any atom is -0.496 e. The molecular formula is C21H21ClN4O2. The molecule has 6 nitrogen and oxygen atoms in total. The monoisotopic (exact) mass is 396 g/mol. The lowest BCUT2D eigenvalue weighted by Gasteiger charge is -2.10. The molecule has 0 atom stereocenters. The van der Waals surface area contributed by atoms with E-state index in [0.717, 1.165) is 23.3 Å². The predicted molar refractivity (Wildman–Crippen MR) is 110 cm³/mol. The van der Waals surface area contributed by atoms with Gasteiger partial charge in [0.15, 0.2) is 0 Å². The van der Waals surface area contributed by atoms with Crippen LogP contribution in [-0.2, 0) is 13.0 Å². The van der Waals surface area contributed by atoms with Gasteiger partial charge in [-0.05, 0) is 36.2 Å². The summed E-state index contributed by atoms with van der Waals surface area (Å²) >= 11 is 5.89. The summed E-state index contributed by atoms with van der Waals surface area (Å²) in [5.74, 6) is 0.878. The first-order valence-corrected chi connectivity index (χ1v) is 9.25. The standard InChI is InChI=1S/C21H21ClN4O2/c1-28-19-5-3-2-4-16(19)14-25-20(27)18-11-13-24-21(26-18)23-12-10-15-6-8-17(22)9-7-15/h2-9,11,13H,10,12,14H2,1H3,(H,25,27)(H,23,24,26). The molecule has 3 aromatic rings. The number of ether oxygens (including phenoxy) is 1. The van der Waals surface area contributed by atoms with Crippen LogP contribution in [0.1, 0.15) is 21.6 Å². The number of rotatable bonds is 8. The van der Waals surface area contributed by atoms with Crippen LogP contribution in [0.4, 0.5) is 5.95 Å². The predicted octanol–water partition coefficient (Wildman–Crippen LogP) is 3.72. The number of halogens is 1. The van der Waals surface area contributed by atoms with E-state index in [1.165, 1.54) is 0 Å². The Morgan fingerprint density at radius 3 is 2.68 bits per heavy atom. The SMILES string of the molecule is COc1ccccc1CNC(=O)c1ccnc(NCCc2ccc(Cl)cc2)n1. The van der Waals surface area contributed by atoms with Gasteiger partial charge in [-0.2, -0.15) is 0 Å². The molecule has 0 saturated carbocycles. The van der Waals surface area contributed by atoms with Crippen LogP contribution in [0.2, 0.25) is 5.02 Å². The number of carbonyl (C=O) groups is 1. The van der Waals surface area contributed by atoms with E-state index in [4.69, 9.17) is 16.3 Å². The molecule has 144 valence electrons. The third-order valence-electron chi connectivity index (χ3n) is 4.13. The molecule has 0 aliphatic rings. The second-order valence-electron chi connectivity index (χ2n) is 6.06. The van der Waals surface area contributed by atoms with Gasteiger partial charge in [-0.25, -0.2) is 9.97 Å². The first-order chi connectivity index (χ1) is 13.7. The maximum absolute atomic E-state index is 12.4. The number of nitrogens with zero attached hydrogens (tertiary/aromatic N) is 2. The average Bonchev–Trinajstić information content (AvgIpc) is 2.74. The van der Waals surface area contributed by atoms with Gasteiger partial charge in [-0.3, -0.25) is 4.79 Å². The van der Waals surface area contributed by atoms with Gasteiger partial charge in [0.1, 0.15) is 11.4 Å². The van der Waals surface area contributed by atoms with Gasteiger partial charge in [0, 0.05) is 29.9 Å². The van der Waals surface area contributed by atoms with Gasteiger partial charge < -0.3 is 15.4 Å². The molecule has 1 heterocycles. The molecule has 1 aromatic heterocycles. The highest BCUT2D eigenvalue weighted by molar-refractivity contribution is 6.30. The molecule has 0 aliphatic heterocycles. The number of para-hydroxylation sites is 1. The molecular weight excluding hydrogens is 376 g/mol. The quantitative estimate of drug-likeness (QED) is 0.606. The van der Waals surface area contributed by atoms with Crippen LogP contribution in [0.3, 0.4) is 0 Å². The molecule has 3 rings (SSSR count). The Morgan fingerprint density at radius 1 is 1.11 bits per heavy atom. The van der Waals surface area contributed by atoms with Crippen molar-refractivity contribution in [3.63, 3.8) is 0 Å². The van der Waals surface area contributed by atoms with Gasteiger partial charge in [-0.15, -0.1) is 0 Å². The summed E-state index contributed by atoms with van der Waals surface area (Å²) in [4.78, 5) is 20.9. The van der Waals surface area contributed by atoms with Crippen molar-refractivity contribution in [1.82, 2.24) is 15.3 Å². The smallest absolute Gasteiger partial charge is 0.270 e. The van der Waals surface area contributed by atoms with Crippen molar-refractivity contribution >= 4 is 23.5 Å². The fourth-order valence-electron chi connectivity index (χ4n) is 2.66. The second kappa shape index (κ2) is 9.71. The number of anilines is 1. The molecule has 0 saturated heterocycles. The van der Waals surface area contributed by atoms with Crippen molar-refractivity contribution in [1.29, 1.82) is 0 Å². The highest BCUT2D eigenvalue weighted by atomic mass is 35.5. The van der Waals surface area contributed by atoms with Gasteiger partial charge in [0.2, 0.25) is 5.95 Å². The number of nitrogens with one attached hydrogen (secondary N) is 2. The van der Waals surface area contributed by atoms with E-state index >= 15 is 0 Å². The molecule has 2 aromatic carbocycles. The Hall–Kier alpha value is -3.12. The zero-order valence-electron chi connectivity index (χ0n) is 15.5. The van der Waals surface area contributed by atoms with E-state index < -0.39 is 0 Å². The molecule has 7 heteroatoms. The van der Waals surface area contributed by atoms with Crippen LogP contribution >= 0.6 is 11.6 Å². The highest BCUT2D eigenvalue weighted by Gasteiger charge is 2.10. The summed E-state index contributed by atoms with van der Waals surface area (Å²) in [6, 6.07) is 16.8. The zero-order chi connectivity index (χ0) is 19.8. The van der Waals surface area contributed by atoms with E-state index in [0.29, 0.717) is 29.8 Å². The summed E-state index contributed by atoms with van der Waals surface area (Å²) in [6.45, 7) is 1.00. The van der Waals surface area contributed by atoms with Crippen LogP contribution in [0, 0.1) is 0 Å². The number of hydrogen-bond donors (Lipinski definition) is 2. The number of amides is 1. The maximum Gasteiger partial charge on any atom is 0.270 e. The highest BCUT2D eigenvalue weighted by Crippen LogP contribution is 2.17. The molecule has 2 N–H and O–H groups in total. The lowest BCUT2D eigenvalue weighted by molar-refractivity contribution is 0.0945. The lowest BCUT2D eigenvalue weighted by Crippen LogP contribution is -2.24. The van der Waals surface area contributed by atoms with Crippen LogP contribution in [-0.4, -0.2) is 29.5 Å². The van der Waals surface area contributed by atoms with Crippen LogP contribution in [0.15, 0.2) is 60.8 Å². The number of hydrogen-bond acceptors (Lipinski definition) is 5. The first kappa shape index (κ1) is 19.6. The molecule has 0 bridgehead atoms. The number of aromatic nitrogens is 2. The normalized spacial score (nSPS) is 10.4. The van der Waals surface area contributed by atoms with E-state index in [1.54, 1.807) is 19.4 Å². The fraction of sp³-hybridized carbons (Fsp3) is 0.190. The fourth-order valence-corrected chi connectivity index (χ4v) is 2.78. The average molecular weight is 397 g/mol. The van der Waals surface area contributed by atoms with Crippen LogP contribution in [0.5, 0.6) is 5.75 Å². The minimum atomic E-state index is -0.269. The maximum atomic E-state index is 12.4. The van der Waals surface area contributed by atoms with E-state index in [9.17, 15) is 4.79 Å². The third-order valence-corrected chi connectivity index (χ3v) is 4.38. The third kappa shape index (κ3) is 5.44. The zero-order valence-corrected chi connectivity index (χ0v) is 16.2. The molecule has 0 spiro atoms. The molecule has 0 fully saturated rings. The van der Waals surface area contributed by atoms with Crippen molar-refractivity contribution in [2.75, 3.05) is 19.0 Å². The number of benzene rings is 2. The second-order valence-corrected chi connectivity index (χ2v) is 6.50. The summed E-state index contributed by atoms with van der Waals surface area (Å²) in [7, 11) is 1.60. The molecule has 0 aliphatic carbocycles. The van der Waals surface area contributed by atoms with Crippen molar-refractivity contribution in [2.24, 2.45) is 0 Å². The minimum absolute atomic E-state index is 0.269. The molecule has 1 amide bonds. The van der Waals surface area contributed by atoms with Gasteiger partial charge in [-0.1, -0.05) is 41.9 Å². The molecule has 0 unspecified atom stereocenters. The topological polar surface area (TPSA) is 76.1 Å². The van der Waals surface area contributed by atoms with Gasteiger partial charge in [0.05, 0.1) is 7.11 Å². The van der Waals surface area contributed by atoms with E-state index in [1.807, 2.05) is 48.5 Å². The van der Waals surface area contributed by atoms with E-state index in [-0.39, 0.29) is 5.91 Å². The first-order valence-electron chi connectivity index (χ1n) is 8.87. The Kier molecular flexibility index (Phi) is 6.81. The van der Waals surface area contributed by atoms with Crippen molar-refractivity contribution < 1.29 is 9.53 Å². The Balaban J connectivity index is 1.54. The molecule has 28 heavy (non-hydrogen) atoms. The van der Waals surface area contributed by atoms with E-state index in [2.05, 4.69) is 20.6 Å². The summed E-state index contributed by atoms with van der Waals surface area (Å²) in [5, 5.41) is 6.71. The summed E-state index contributed by atoms with van der Waals surface area (Å²) in [6.07, 6.45) is 2.36. The van der Waals surface area contributed by atoms with Crippen molar-refractivity contribution in [2.45, 2.75) is 13.0 Å². The van der Waals surface area contributed by atoms with Crippen LogP contribution < -0.4 is 15.4 Å². The lowest BCUT2D eigenvalue weighted by atomic mass is 10.1. The van der Waals surface area contributed by atoms with Crippen molar-refractivity contribution in [3.05, 3.63) is 82.6 Å². The number of methoxy groups -OCH3 is 1. The summed E-state index contributed by atoms with van der Waals surface area (Å²) < 4.78 is 5.30. The van der Waals surface area contributed by atoms with Crippen LogP contribution in [0.25, 0.3) is 0 Å². The van der Waals surface area contributed by atoms with Gasteiger partial charge >= 0.3 is 0 Å². The van der Waals surface area contributed by atoms with Gasteiger partial charge in [0.25, 0.3) is 5.91 Å². The Labute approximate surface area is 168 Å².